The molecular formula is C15H15BrF3NS. The van der Waals surface area contributed by atoms with Crippen molar-refractivity contribution in [1.82, 2.24) is 5.32 Å². The molecule has 0 fully saturated rings. The van der Waals surface area contributed by atoms with Crippen LogP contribution in [0.15, 0.2) is 34.8 Å². The molecule has 1 atom stereocenters. The zero-order chi connectivity index (χ0) is 15.6. The summed E-state index contributed by atoms with van der Waals surface area (Å²) in [5, 5.41) is 3.16. The zero-order valence-electron chi connectivity index (χ0n) is 11.6. The standard InChI is InChI=1S/C15H15BrF3NS/c1-3-20-13(14-12(16)8-9(2)21-14)10-6-4-5-7-11(10)15(17,18)19/h4-8,13,20H,3H2,1-2H3. The van der Waals surface area contributed by atoms with Gasteiger partial charge in [-0.3, -0.25) is 0 Å². The minimum absolute atomic E-state index is 0.259. The van der Waals surface area contributed by atoms with Crippen LogP contribution in [0.2, 0.25) is 0 Å². The molecule has 0 saturated heterocycles. The number of benzene rings is 1. The Morgan fingerprint density at radius 1 is 1.29 bits per heavy atom. The lowest BCUT2D eigenvalue weighted by atomic mass is 9.98. The number of aryl methyl sites for hydroxylation is 1. The molecule has 0 spiro atoms. The Hall–Kier alpha value is -0.850. The molecule has 1 unspecified atom stereocenters. The number of hydrogen-bond donors (Lipinski definition) is 1. The van der Waals surface area contributed by atoms with Crippen molar-refractivity contribution >= 4 is 27.3 Å². The highest BCUT2D eigenvalue weighted by Gasteiger charge is 2.35. The molecule has 0 saturated carbocycles. The number of alkyl halides is 3. The maximum atomic E-state index is 13.2. The van der Waals surface area contributed by atoms with E-state index in [9.17, 15) is 13.2 Å². The van der Waals surface area contributed by atoms with Crippen LogP contribution in [0.3, 0.4) is 0 Å². The molecule has 0 bridgehead atoms. The lowest BCUT2D eigenvalue weighted by molar-refractivity contribution is -0.138. The number of halogens is 4. The SMILES string of the molecule is CCNC(c1ccccc1C(F)(F)F)c1sc(C)cc1Br. The van der Waals surface area contributed by atoms with Gasteiger partial charge in [0, 0.05) is 14.2 Å². The predicted octanol–water partition coefficient (Wildman–Crippen LogP) is 5.54. The summed E-state index contributed by atoms with van der Waals surface area (Å²) in [6.07, 6.45) is -4.36. The Kier molecular flexibility index (Phi) is 5.11. The molecule has 21 heavy (non-hydrogen) atoms. The van der Waals surface area contributed by atoms with Crippen LogP contribution < -0.4 is 5.32 Å². The summed E-state index contributed by atoms with van der Waals surface area (Å²) < 4.78 is 40.5. The highest BCUT2D eigenvalue weighted by atomic mass is 79.9. The summed E-state index contributed by atoms with van der Waals surface area (Å²) in [6, 6.07) is 7.19. The van der Waals surface area contributed by atoms with E-state index in [1.165, 1.54) is 23.5 Å². The molecule has 0 radical (unpaired) electrons. The normalized spacial score (nSPS) is 13.4. The Morgan fingerprint density at radius 3 is 2.48 bits per heavy atom. The first-order chi connectivity index (χ1) is 9.84. The highest BCUT2D eigenvalue weighted by molar-refractivity contribution is 9.10. The summed E-state index contributed by atoms with van der Waals surface area (Å²) in [5.74, 6) is 0. The predicted molar refractivity (Wildman–Crippen MR) is 83.7 cm³/mol. The van der Waals surface area contributed by atoms with Gasteiger partial charge in [0.05, 0.1) is 11.6 Å². The van der Waals surface area contributed by atoms with Crippen molar-refractivity contribution in [2.75, 3.05) is 6.54 Å². The fourth-order valence-electron chi connectivity index (χ4n) is 2.25. The molecule has 1 nitrogen and oxygen atoms in total. The number of nitrogens with one attached hydrogen (secondary N) is 1. The van der Waals surface area contributed by atoms with Crippen LogP contribution in [0.5, 0.6) is 0 Å². The topological polar surface area (TPSA) is 12.0 Å². The van der Waals surface area contributed by atoms with E-state index in [1.54, 1.807) is 6.07 Å². The molecule has 114 valence electrons. The molecule has 1 aromatic heterocycles. The first-order valence-electron chi connectivity index (χ1n) is 6.50. The molecule has 1 N–H and O–H groups in total. The van der Waals surface area contributed by atoms with E-state index in [0.29, 0.717) is 6.54 Å². The van der Waals surface area contributed by atoms with Gasteiger partial charge in [0.1, 0.15) is 0 Å². The second-order valence-electron chi connectivity index (χ2n) is 4.64. The molecule has 1 aromatic carbocycles. The number of hydrogen-bond acceptors (Lipinski definition) is 2. The summed E-state index contributed by atoms with van der Waals surface area (Å²) >= 11 is 4.95. The number of thiophene rings is 1. The average molecular weight is 378 g/mol. The Labute approximate surface area is 134 Å². The lowest BCUT2D eigenvalue weighted by Crippen LogP contribution is -2.24. The first kappa shape index (κ1) is 16.5. The Balaban J connectivity index is 2.56. The van der Waals surface area contributed by atoms with Crippen molar-refractivity contribution in [3.05, 3.63) is 55.7 Å². The summed E-state index contributed by atoms with van der Waals surface area (Å²) in [7, 11) is 0. The summed E-state index contributed by atoms with van der Waals surface area (Å²) in [4.78, 5) is 1.93. The maximum Gasteiger partial charge on any atom is 0.416 e. The van der Waals surface area contributed by atoms with E-state index in [4.69, 9.17) is 0 Å². The van der Waals surface area contributed by atoms with Gasteiger partial charge in [-0.1, -0.05) is 25.1 Å². The molecule has 0 aliphatic heterocycles. The minimum atomic E-state index is -4.36. The van der Waals surface area contributed by atoms with Gasteiger partial charge >= 0.3 is 6.18 Å². The summed E-state index contributed by atoms with van der Waals surface area (Å²) in [6.45, 7) is 4.41. The second kappa shape index (κ2) is 6.50. The molecule has 0 amide bonds. The average Bonchev–Trinajstić information content (AvgIpc) is 2.74. The third-order valence-corrected chi connectivity index (χ3v) is 5.12. The van der Waals surface area contributed by atoms with Crippen LogP contribution in [0.1, 0.15) is 33.8 Å². The molecule has 1 heterocycles. The monoisotopic (exact) mass is 377 g/mol. The molecule has 2 aromatic rings. The summed E-state index contributed by atoms with van der Waals surface area (Å²) in [5.41, 5.74) is -0.330. The quantitative estimate of drug-likeness (QED) is 0.737. The van der Waals surface area contributed by atoms with Crippen molar-refractivity contribution in [3.8, 4) is 0 Å². The van der Waals surface area contributed by atoms with Crippen LogP contribution in [0.4, 0.5) is 13.2 Å². The van der Waals surface area contributed by atoms with Crippen molar-refractivity contribution in [2.45, 2.75) is 26.1 Å². The minimum Gasteiger partial charge on any atom is -0.306 e. The maximum absolute atomic E-state index is 13.2. The van der Waals surface area contributed by atoms with E-state index >= 15 is 0 Å². The largest absolute Gasteiger partial charge is 0.416 e. The van der Waals surface area contributed by atoms with Gasteiger partial charge in [0.25, 0.3) is 0 Å². The van der Waals surface area contributed by atoms with Gasteiger partial charge in [-0.05, 0) is 47.1 Å². The molecule has 0 aliphatic rings. The van der Waals surface area contributed by atoms with Crippen LogP contribution in [0.25, 0.3) is 0 Å². The van der Waals surface area contributed by atoms with E-state index in [0.717, 1.165) is 20.3 Å². The van der Waals surface area contributed by atoms with Crippen LogP contribution in [-0.2, 0) is 6.18 Å². The Morgan fingerprint density at radius 2 is 1.95 bits per heavy atom. The van der Waals surface area contributed by atoms with Crippen molar-refractivity contribution in [1.29, 1.82) is 0 Å². The van der Waals surface area contributed by atoms with Gasteiger partial charge in [0.2, 0.25) is 0 Å². The molecule has 6 heteroatoms. The van der Waals surface area contributed by atoms with E-state index in [2.05, 4.69) is 21.2 Å². The van der Waals surface area contributed by atoms with Crippen LogP contribution >= 0.6 is 27.3 Å². The van der Waals surface area contributed by atoms with E-state index in [1.807, 2.05) is 19.9 Å². The van der Waals surface area contributed by atoms with Gasteiger partial charge in [0.15, 0.2) is 0 Å². The van der Waals surface area contributed by atoms with Crippen LogP contribution in [-0.4, -0.2) is 6.54 Å². The third kappa shape index (κ3) is 3.67. The van der Waals surface area contributed by atoms with Gasteiger partial charge in [-0.15, -0.1) is 11.3 Å². The smallest absolute Gasteiger partial charge is 0.306 e. The van der Waals surface area contributed by atoms with Gasteiger partial charge in [-0.2, -0.15) is 13.2 Å². The molecule has 2 rings (SSSR count). The fourth-order valence-corrected chi connectivity index (χ4v) is 4.23. The van der Waals surface area contributed by atoms with Gasteiger partial charge < -0.3 is 5.32 Å². The van der Waals surface area contributed by atoms with Gasteiger partial charge in [-0.25, -0.2) is 0 Å². The first-order valence-corrected chi connectivity index (χ1v) is 8.11. The van der Waals surface area contributed by atoms with E-state index < -0.39 is 17.8 Å². The molecular weight excluding hydrogens is 363 g/mol. The van der Waals surface area contributed by atoms with Crippen LogP contribution in [0, 0.1) is 6.92 Å². The highest BCUT2D eigenvalue weighted by Crippen LogP contribution is 2.40. The fraction of sp³-hybridized carbons (Fsp3) is 0.333. The van der Waals surface area contributed by atoms with Crippen molar-refractivity contribution in [2.24, 2.45) is 0 Å². The van der Waals surface area contributed by atoms with E-state index in [-0.39, 0.29) is 5.56 Å². The molecule has 0 aliphatic carbocycles. The number of rotatable bonds is 4. The zero-order valence-corrected chi connectivity index (χ0v) is 14.0. The third-order valence-electron chi connectivity index (χ3n) is 3.08. The van der Waals surface area contributed by atoms with Crippen molar-refractivity contribution < 1.29 is 13.2 Å². The lowest BCUT2D eigenvalue weighted by Gasteiger charge is -2.22. The second-order valence-corrected chi connectivity index (χ2v) is 6.79. The van der Waals surface area contributed by atoms with Crippen molar-refractivity contribution in [3.63, 3.8) is 0 Å². The Bertz CT molecular complexity index is 622.